The third-order valence-electron chi connectivity index (χ3n) is 10.4. The van der Waals surface area contributed by atoms with Gasteiger partial charge in [-0.2, -0.15) is 5.26 Å². The first-order chi connectivity index (χ1) is 26.3. The minimum absolute atomic E-state index is 0.0216. The van der Waals surface area contributed by atoms with Crippen LogP contribution in [0.2, 0.25) is 5.02 Å². The molecule has 1 saturated heterocycles. The van der Waals surface area contributed by atoms with Crippen LogP contribution < -0.4 is 14.8 Å². The van der Waals surface area contributed by atoms with Gasteiger partial charge in [-0.25, -0.2) is 0 Å². The van der Waals surface area contributed by atoms with Crippen molar-refractivity contribution in [1.82, 2.24) is 15.2 Å². The lowest BCUT2D eigenvalue weighted by Gasteiger charge is -2.45. The zero-order valence-corrected chi connectivity index (χ0v) is 32.5. The smallest absolute Gasteiger partial charge is 0.326 e. The van der Waals surface area contributed by atoms with Crippen LogP contribution in [0.4, 0.5) is 0 Å². The van der Waals surface area contributed by atoms with Crippen molar-refractivity contribution in [1.29, 1.82) is 5.26 Å². The molecule has 2 aliphatic rings. The number of ether oxygens (including phenoxy) is 3. The van der Waals surface area contributed by atoms with Crippen molar-refractivity contribution in [2.75, 3.05) is 46.1 Å². The van der Waals surface area contributed by atoms with E-state index >= 15 is 0 Å². The van der Waals surface area contributed by atoms with Crippen molar-refractivity contribution in [2.45, 2.75) is 67.9 Å². The van der Waals surface area contributed by atoms with Gasteiger partial charge in [0.2, 0.25) is 0 Å². The zero-order chi connectivity index (χ0) is 39.7. The summed E-state index contributed by atoms with van der Waals surface area (Å²) in [5.41, 5.74) is -0.564. The first kappa shape index (κ1) is 42.1. The first-order valence-electron chi connectivity index (χ1n) is 18.1. The Balaban J connectivity index is 1.40. The Morgan fingerprint density at radius 2 is 1.85 bits per heavy atom. The number of aliphatic hydroxyl groups is 3. The van der Waals surface area contributed by atoms with Gasteiger partial charge in [0.05, 0.1) is 29.4 Å². The molecule has 12 nitrogen and oxygen atoms in total. The third-order valence-corrected chi connectivity index (χ3v) is 11.2. The molecule has 1 aromatic heterocycles. The number of likely N-dealkylation sites (tertiary alicyclic amines) is 1. The molecule has 0 spiro atoms. The summed E-state index contributed by atoms with van der Waals surface area (Å²) >= 11 is 14.4. The molecule has 0 saturated carbocycles. The maximum Gasteiger partial charge on any atom is 0.326 e. The van der Waals surface area contributed by atoms with Crippen LogP contribution in [0.25, 0.3) is 5.57 Å². The fraction of sp³-hybridized carbons (Fsp3) is 0.439. The van der Waals surface area contributed by atoms with E-state index in [0.717, 1.165) is 17.7 Å². The number of hydrogen-bond acceptors (Lipinski definition) is 11. The van der Waals surface area contributed by atoms with E-state index in [-0.39, 0.29) is 37.1 Å². The number of nitriles is 1. The van der Waals surface area contributed by atoms with E-state index < -0.39 is 34.2 Å². The zero-order valence-electron chi connectivity index (χ0n) is 31.0. The average Bonchev–Trinajstić information content (AvgIpc) is 3.19. The number of carboxylic acids is 1. The summed E-state index contributed by atoms with van der Waals surface area (Å²) in [6.45, 7) is 4.74. The number of aromatic nitrogens is 1. The van der Waals surface area contributed by atoms with Crippen LogP contribution in [0.5, 0.6) is 11.5 Å². The van der Waals surface area contributed by atoms with Crippen LogP contribution in [-0.2, 0) is 22.7 Å². The minimum atomic E-state index is -1.63. The first-order valence-corrected chi connectivity index (χ1v) is 18.9. The quantitative estimate of drug-likeness (QED) is 0.0852. The van der Waals surface area contributed by atoms with Crippen molar-refractivity contribution in [3.63, 3.8) is 0 Å². The number of aliphatic hydroxyl groups excluding tert-OH is 2. The van der Waals surface area contributed by atoms with Gasteiger partial charge in [-0.1, -0.05) is 54.1 Å². The lowest BCUT2D eigenvalue weighted by molar-refractivity contribution is -0.145. The van der Waals surface area contributed by atoms with Crippen LogP contribution in [-0.4, -0.2) is 104 Å². The molecule has 294 valence electrons. The molecule has 0 amide bonds. The van der Waals surface area contributed by atoms with Crippen LogP contribution in [0.3, 0.4) is 0 Å². The summed E-state index contributed by atoms with van der Waals surface area (Å²) < 4.78 is 19.5. The average molecular weight is 796 g/mol. The number of carboxylic acid groups (broad SMARTS) is 1. The summed E-state index contributed by atoms with van der Waals surface area (Å²) in [4.78, 5) is 17.1. The molecule has 1 aliphatic carbocycles. The summed E-state index contributed by atoms with van der Waals surface area (Å²) in [5, 5.41) is 52.0. The number of alkyl halides is 1. The van der Waals surface area contributed by atoms with E-state index in [9.17, 15) is 30.5 Å². The number of aliphatic carboxylic acids is 1. The lowest BCUT2D eigenvalue weighted by atomic mass is 9.76. The van der Waals surface area contributed by atoms with Crippen LogP contribution >= 0.6 is 23.2 Å². The van der Waals surface area contributed by atoms with Gasteiger partial charge in [-0.3, -0.25) is 15.1 Å². The number of piperidine rings is 1. The Morgan fingerprint density at radius 3 is 2.53 bits per heavy atom. The summed E-state index contributed by atoms with van der Waals surface area (Å²) in [7, 11) is 0. The normalized spacial score (nSPS) is 22.0. The highest BCUT2D eigenvalue weighted by molar-refractivity contribution is 6.32. The number of pyridine rings is 1. The standard InChI is InChI=1S/C41H48Cl2N4O8/c1-38(26-48,37(50)51)46-24-32-19-34(42)36(20-35(32)53-25-30-18-29(21-44)22-45-23-30)54-28-41(55-17-7-14-47-15-12-40(52,27-49)13-16-47)11-6-10-33(39(41,2)43)31-8-4-3-5-9-31/h3-6,8-11,18-20,22-23,46,48-49,52H,7,12-17,24-28H2,1-2H3,(H,50,51). The molecule has 1 aliphatic heterocycles. The largest absolute Gasteiger partial charge is 0.488 e. The van der Waals surface area contributed by atoms with Crippen molar-refractivity contribution < 1.29 is 39.4 Å². The van der Waals surface area contributed by atoms with Gasteiger partial charge in [0, 0.05) is 62.4 Å². The number of benzene rings is 2. The van der Waals surface area contributed by atoms with Crippen molar-refractivity contribution in [2.24, 2.45) is 0 Å². The minimum Gasteiger partial charge on any atom is -0.488 e. The van der Waals surface area contributed by atoms with Gasteiger partial charge in [-0.15, -0.1) is 11.6 Å². The number of carbonyl (C=O) groups is 1. The second-order valence-corrected chi connectivity index (χ2v) is 15.6. The molecule has 2 aromatic carbocycles. The van der Waals surface area contributed by atoms with E-state index in [1.165, 1.54) is 13.1 Å². The fourth-order valence-corrected chi connectivity index (χ4v) is 7.14. The van der Waals surface area contributed by atoms with E-state index in [1.54, 1.807) is 24.4 Å². The predicted octanol–water partition coefficient (Wildman–Crippen LogP) is 5.11. The van der Waals surface area contributed by atoms with E-state index in [1.807, 2.05) is 55.5 Å². The van der Waals surface area contributed by atoms with E-state index in [2.05, 4.69) is 21.3 Å². The number of rotatable bonds is 18. The van der Waals surface area contributed by atoms with Crippen LogP contribution in [0, 0.1) is 11.3 Å². The maximum absolute atomic E-state index is 11.9. The maximum atomic E-state index is 11.9. The molecule has 3 aromatic rings. The molecular formula is C41H48Cl2N4O8. The van der Waals surface area contributed by atoms with Crippen molar-refractivity contribution in [3.8, 4) is 17.6 Å². The lowest BCUT2D eigenvalue weighted by Crippen LogP contribution is -2.55. The highest BCUT2D eigenvalue weighted by Gasteiger charge is 2.51. The molecule has 0 radical (unpaired) electrons. The second-order valence-electron chi connectivity index (χ2n) is 14.4. The Bertz CT molecular complexity index is 1890. The van der Waals surface area contributed by atoms with Crippen molar-refractivity contribution >= 4 is 34.7 Å². The number of hydrogen-bond donors (Lipinski definition) is 5. The highest BCUT2D eigenvalue weighted by Crippen LogP contribution is 2.48. The predicted molar refractivity (Wildman–Crippen MR) is 209 cm³/mol. The Morgan fingerprint density at radius 1 is 1.11 bits per heavy atom. The van der Waals surface area contributed by atoms with Crippen LogP contribution in [0.1, 0.15) is 55.4 Å². The topological polar surface area (TPSA) is 178 Å². The van der Waals surface area contributed by atoms with Gasteiger partial charge in [0.15, 0.2) is 0 Å². The number of nitrogens with zero attached hydrogens (tertiary/aromatic N) is 3. The van der Waals surface area contributed by atoms with Gasteiger partial charge in [0.1, 0.15) is 46.8 Å². The van der Waals surface area contributed by atoms with E-state index in [4.69, 9.17) is 37.4 Å². The Labute approximate surface area is 331 Å². The van der Waals surface area contributed by atoms with Crippen LogP contribution in [0.15, 0.2) is 79.2 Å². The monoisotopic (exact) mass is 794 g/mol. The number of halogens is 2. The second kappa shape index (κ2) is 18.3. The molecule has 1 fully saturated rings. The summed E-state index contributed by atoms with van der Waals surface area (Å²) in [6.07, 6.45) is 10.5. The molecule has 14 heteroatoms. The van der Waals surface area contributed by atoms with Gasteiger partial charge < -0.3 is 39.5 Å². The molecule has 5 rings (SSSR count). The van der Waals surface area contributed by atoms with Gasteiger partial charge in [-0.05, 0) is 62.5 Å². The molecule has 0 bridgehead atoms. The van der Waals surface area contributed by atoms with Gasteiger partial charge >= 0.3 is 5.97 Å². The number of nitrogens with one attached hydrogen (secondary N) is 1. The molecule has 2 heterocycles. The molecule has 3 unspecified atom stereocenters. The Kier molecular flexibility index (Phi) is 14.0. The van der Waals surface area contributed by atoms with Gasteiger partial charge in [0.25, 0.3) is 0 Å². The van der Waals surface area contributed by atoms with Crippen molar-refractivity contribution in [3.05, 3.63) is 106 Å². The summed E-state index contributed by atoms with van der Waals surface area (Å²) in [5.74, 6) is -0.648. The molecule has 3 atom stereocenters. The SMILES string of the molecule is CC(CO)(NCc1cc(Cl)c(OCC2(OCCCN3CCC(O)(CO)CC3)C=CC=C(c3ccccc3)C2(C)Cl)cc1OCc1cncc(C#N)c1)C(=O)O. The third kappa shape index (κ3) is 10.0. The molecule has 55 heavy (non-hydrogen) atoms. The number of allylic oxidation sites excluding steroid dienone is 2. The highest BCUT2D eigenvalue weighted by atomic mass is 35.5. The summed E-state index contributed by atoms with van der Waals surface area (Å²) in [6, 6.07) is 16.7. The Hall–Kier alpha value is -4.03. The fourth-order valence-electron chi connectivity index (χ4n) is 6.55. The molecular weight excluding hydrogens is 747 g/mol. The van der Waals surface area contributed by atoms with E-state index in [0.29, 0.717) is 61.4 Å². The molecule has 5 N–H and O–H groups in total.